The van der Waals surface area contributed by atoms with Crippen molar-refractivity contribution in [3.05, 3.63) is 29.6 Å². The lowest BCUT2D eigenvalue weighted by molar-refractivity contribution is 0.385. The van der Waals surface area contributed by atoms with Crippen molar-refractivity contribution < 1.29 is 9.13 Å². The first-order valence-corrected chi connectivity index (χ1v) is 5.39. The highest BCUT2D eigenvalue weighted by Crippen LogP contribution is 2.23. The van der Waals surface area contributed by atoms with Crippen molar-refractivity contribution in [2.75, 3.05) is 7.11 Å². The molecule has 2 unspecified atom stereocenters. The molecule has 0 radical (unpaired) electrons. The maximum Gasteiger partial charge on any atom is 0.165 e. The third-order valence-electron chi connectivity index (χ3n) is 2.54. The van der Waals surface area contributed by atoms with Crippen molar-refractivity contribution in [2.45, 2.75) is 31.8 Å². The van der Waals surface area contributed by atoms with Gasteiger partial charge in [0, 0.05) is 12.1 Å². The van der Waals surface area contributed by atoms with Gasteiger partial charge >= 0.3 is 0 Å². The summed E-state index contributed by atoms with van der Waals surface area (Å²) in [5.74, 6) is -0.139. The van der Waals surface area contributed by atoms with Crippen LogP contribution in [-0.4, -0.2) is 13.2 Å². The smallest absolute Gasteiger partial charge is 0.165 e. The number of ether oxygens (including phenoxy) is 1. The van der Waals surface area contributed by atoms with Gasteiger partial charge in [-0.3, -0.25) is 0 Å². The molecule has 1 aromatic carbocycles. The maximum atomic E-state index is 13.4. The Bertz CT molecular complexity index is 342. The molecule has 0 heterocycles. The minimum Gasteiger partial charge on any atom is -0.494 e. The minimum absolute atomic E-state index is 0.120. The molecule has 4 N–H and O–H groups in total. The zero-order chi connectivity index (χ0) is 12.1. The van der Waals surface area contributed by atoms with Crippen LogP contribution >= 0.6 is 0 Å². The fourth-order valence-electron chi connectivity index (χ4n) is 1.52. The zero-order valence-corrected chi connectivity index (χ0v) is 9.74. The lowest BCUT2D eigenvalue weighted by Crippen LogP contribution is -2.19. The van der Waals surface area contributed by atoms with Gasteiger partial charge in [-0.1, -0.05) is 6.07 Å². The van der Waals surface area contributed by atoms with Crippen LogP contribution in [0.15, 0.2) is 18.2 Å². The molecule has 90 valence electrons. The first-order chi connectivity index (χ1) is 7.54. The van der Waals surface area contributed by atoms with Gasteiger partial charge in [0.05, 0.1) is 7.11 Å². The molecule has 3 nitrogen and oxygen atoms in total. The van der Waals surface area contributed by atoms with Crippen molar-refractivity contribution in [1.82, 2.24) is 0 Å². The van der Waals surface area contributed by atoms with E-state index in [1.807, 2.05) is 6.92 Å². The normalized spacial score (nSPS) is 14.6. The summed E-state index contributed by atoms with van der Waals surface area (Å²) in [6, 6.07) is 4.75. The quantitative estimate of drug-likeness (QED) is 0.806. The molecule has 16 heavy (non-hydrogen) atoms. The molecule has 0 aliphatic heterocycles. The predicted octanol–water partition coefficient (Wildman–Crippen LogP) is 1.96. The Labute approximate surface area is 95.6 Å². The largest absolute Gasteiger partial charge is 0.494 e. The molecule has 0 saturated heterocycles. The van der Waals surface area contributed by atoms with E-state index < -0.39 is 0 Å². The second kappa shape index (κ2) is 5.82. The predicted molar refractivity (Wildman–Crippen MR) is 62.8 cm³/mol. The Morgan fingerprint density at radius 3 is 2.50 bits per heavy atom. The molecule has 0 fully saturated rings. The van der Waals surface area contributed by atoms with E-state index in [1.54, 1.807) is 12.1 Å². The van der Waals surface area contributed by atoms with E-state index in [2.05, 4.69) is 0 Å². The van der Waals surface area contributed by atoms with Crippen molar-refractivity contribution in [2.24, 2.45) is 11.5 Å². The van der Waals surface area contributed by atoms with Gasteiger partial charge in [-0.05, 0) is 37.5 Å². The van der Waals surface area contributed by atoms with Crippen molar-refractivity contribution in [3.63, 3.8) is 0 Å². The second-order valence-corrected chi connectivity index (χ2v) is 4.06. The molecular formula is C12H19FN2O. The fourth-order valence-corrected chi connectivity index (χ4v) is 1.52. The fraction of sp³-hybridized carbons (Fsp3) is 0.500. The summed E-state index contributed by atoms with van der Waals surface area (Å²) in [6.07, 6.45) is 1.58. The van der Waals surface area contributed by atoms with E-state index in [1.165, 1.54) is 13.2 Å². The summed E-state index contributed by atoms with van der Waals surface area (Å²) < 4.78 is 18.2. The molecule has 0 aliphatic rings. The Kier molecular flexibility index (Phi) is 4.71. The lowest BCUT2D eigenvalue weighted by Gasteiger charge is -2.14. The van der Waals surface area contributed by atoms with Gasteiger partial charge in [-0.15, -0.1) is 0 Å². The van der Waals surface area contributed by atoms with Crippen LogP contribution in [0.25, 0.3) is 0 Å². The highest BCUT2D eigenvalue weighted by molar-refractivity contribution is 5.30. The third kappa shape index (κ3) is 3.47. The van der Waals surface area contributed by atoms with Crippen LogP contribution in [0, 0.1) is 5.82 Å². The van der Waals surface area contributed by atoms with Gasteiger partial charge in [0.25, 0.3) is 0 Å². The van der Waals surface area contributed by atoms with Gasteiger partial charge in [0.2, 0.25) is 0 Å². The van der Waals surface area contributed by atoms with Gasteiger partial charge < -0.3 is 16.2 Å². The Morgan fingerprint density at radius 1 is 1.31 bits per heavy atom. The number of halogens is 1. The highest BCUT2D eigenvalue weighted by atomic mass is 19.1. The van der Waals surface area contributed by atoms with Gasteiger partial charge in [0.1, 0.15) is 0 Å². The van der Waals surface area contributed by atoms with Gasteiger partial charge in [-0.25, -0.2) is 4.39 Å². The first kappa shape index (κ1) is 12.9. The van der Waals surface area contributed by atoms with Crippen LogP contribution in [0.2, 0.25) is 0 Å². The molecular weight excluding hydrogens is 207 g/mol. The molecule has 0 saturated carbocycles. The summed E-state index contributed by atoms with van der Waals surface area (Å²) in [4.78, 5) is 0. The van der Waals surface area contributed by atoms with Crippen LogP contribution in [-0.2, 0) is 0 Å². The topological polar surface area (TPSA) is 61.3 Å². The number of rotatable bonds is 5. The average Bonchev–Trinajstić information content (AvgIpc) is 2.25. The Hall–Kier alpha value is -1.13. The molecule has 1 aromatic rings. The van der Waals surface area contributed by atoms with E-state index in [9.17, 15) is 4.39 Å². The number of methoxy groups -OCH3 is 1. The number of benzene rings is 1. The second-order valence-electron chi connectivity index (χ2n) is 4.06. The molecule has 0 bridgehead atoms. The summed E-state index contributed by atoms with van der Waals surface area (Å²) in [5.41, 5.74) is 12.4. The summed E-state index contributed by atoms with van der Waals surface area (Å²) >= 11 is 0. The Morgan fingerprint density at radius 2 is 2.00 bits per heavy atom. The van der Waals surface area contributed by atoms with E-state index in [0.717, 1.165) is 18.4 Å². The SMILES string of the molecule is COc1ccc(C(N)CCC(C)N)cc1F. The van der Waals surface area contributed by atoms with E-state index >= 15 is 0 Å². The summed E-state index contributed by atoms with van der Waals surface area (Å²) in [5, 5.41) is 0. The standard InChI is InChI=1S/C12H19FN2O/c1-8(14)3-5-11(15)9-4-6-12(16-2)10(13)7-9/h4,6-8,11H,3,5,14-15H2,1-2H3. The van der Waals surface area contributed by atoms with Crippen molar-refractivity contribution in [3.8, 4) is 5.75 Å². The van der Waals surface area contributed by atoms with Crippen LogP contribution in [0.1, 0.15) is 31.4 Å². The number of hydrogen-bond acceptors (Lipinski definition) is 3. The molecule has 1 rings (SSSR count). The van der Waals surface area contributed by atoms with Gasteiger partial charge in [-0.2, -0.15) is 0 Å². The van der Waals surface area contributed by atoms with Crippen molar-refractivity contribution >= 4 is 0 Å². The summed E-state index contributed by atoms with van der Waals surface area (Å²) in [6.45, 7) is 1.93. The minimum atomic E-state index is -0.378. The molecule has 0 spiro atoms. The van der Waals surface area contributed by atoms with E-state index in [4.69, 9.17) is 16.2 Å². The highest BCUT2D eigenvalue weighted by Gasteiger charge is 2.10. The molecule has 4 heteroatoms. The molecule has 0 aliphatic carbocycles. The van der Waals surface area contributed by atoms with Gasteiger partial charge in [0.15, 0.2) is 11.6 Å². The van der Waals surface area contributed by atoms with Crippen molar-refractivity contribution in [1.29, 1.82) is 0 Å². The maximum absolute atomic E-state index is 13.4. The monoisotopic (exact) mass is 226 g/mol. The van der Waals surface area contributed by atoms with Crippen LogP contribution in [0.4, 0.5) is 4.39 Å². The van der Waals surface area contributed by atoms with E-state index in [-0.39, 0.29) is 23.7 Å². The number of nitrogens with two attached hydrogens (primary N) is 2. The average molecular weight is 226 g/mol. The molecule has 0 aromatic heterocycles. The lowest BCUT2D eigenvalue weighted by atomic mass is 10.0. The zero-order valence-electron chi connectivity index (χ0n) is 9.74. The third-order valence-corrected chi connectivity index (χ3v) is 2.54. The van der Waals surface area contributed by atoms with E-state index in [0.29, 0.717) is 0 Å². The van der Waals surface area contributed by atoms with Crippen LogP contribution in [0.5, 0.6) is 5.75 Å². The molecule has 0 amide bonds. The van der Waals surface area contributed by atoms with Crippen LogP contribution < -0.4 is 16.2 Å². The summed E-state index contributed by atoms with van der Waals surface area (Å²) in [7, 11) is 1.44. The number of hydrogen-bond donors (Lipinski definition) is 2. The van der Waals surface area contributed by atoms with Crippen LogP contribution in [0.3, 0.4) is 0 Å². The Balaban J connectivity index is 2.69. The first-order valence-electron chi connectivity index (χ1n) is 5.39. The molecule has 2 atom stereocenters.